The molecule has 4 rings (SSSR count). The van der Waals surface area contributed by atoms with E-state index >= 15 is 0 Å². The fraction of sp³-hybridized carbons (Fsp3) is 0.0952. The lowest BCUT2D eigenvalue weighted by Gasteiger charge is -2.21. The van der Waals surface area contributed by atoms with Crippen LogP contribution in [0.25, 0.3) is 22.4 Å². The first kappa shape index (κ1) is 17.4. The van der Waals surface area contributed by atoms with Gasteiger partial charge in [-0.2, -0.15) is 0 Å². The Kier molecular flexibility index (Phi) is 4.73. The van der Waals surface area contributed by atoms with Crippen molar-refractivity contribution < 1.29 is 9.21 Å². The van der Waals surface area contributed by atoms with Crippen molar-refractivity contribution in [3.63, 3.8) is 0 Å². The number of hydrogen-bond donors (Lipinski definition) is 0. The van der Waals surface area contributed by atoms with Crippen LogP contribution in [0.1, 0.15) is 17.3 Å². The zero-order valence-corrected chi connectivity index (χ0v) is 16.2. The Labute approximate surface area is 164 Å². The van der Waals surface area contributed by atoms with Crippen molar-refractivity contribution in [2.45, 2.75) is 6.92 Å². The van der Waals surface area contributed by atoms with E-state index < -0.39 is 0 Å². The summed E-state index contributed by atoms with van der Waals surface area (Å²) in [4.78, 5) is 24.1. The third-order valence-corrected chi connectivity index (χ3v) is 4.74. The van der Waals surface area contributed by atoms with Crippen LogP contribution in [0.5, 0.6) is 0 Å². The van der Waals surface area contributed by atoms with Gasteiger partial charge in [0.2, 0.25) is 0 Å². The summed E-state index contributed by atoms with van der Waals surface area (Å²) in [5, 5.41) is 0.799. The number of furan rings is 1. The molecule has 134 valence electrons. The molecule has 1 aromatic carbocycles. The smallest absolute Gasteiger partial charge is 0.260 e. The predicted molar refractivity (Wildman–Crippen MR) is 109 cm³/mol. The van der Waals surface area contributed by atoms with Gasteiger partial charge in [-0.25, -0.2) is 9.97 Å². The van der Waals surface area contributed by atoms with Gasteiger partial charge in [-0.1, -0.05) is 18.2 Å². The van der Waals surface area contributed by atoms with Gasteiger partial charge in [-0.15, -0.1) is 0 Å². The first-order valence-electron chi connectivity index (χ1n) is 8.54. The van der Waals surface area contributed by atoms with Crippen molar-refractivity contribution in [3.05, 3.63) is 77.1 Å². The molecule has 3 aromatic heterocycles. The Morgan fingerprint density at radius 1 is 1.15 bits per heavy atom. The van der Waals surface area contributed by atoms with E-state index in [9.17, 15) is 4.79 Å². The van der Waals surface area contributed by atoms with E-state index in [0.29, 0.717) is 29.4 Å². The predicted octanol–water partition coefficient (Wildman–Crippen LogP) is 5.32. The summed E-state index contributed by atoms with van der Waals surface area (Å²) in [5.41, 5.74) is 1.94. The summed E-state index contributed by atoms with van der Waals surface area (Å²) in [6, 6.07) is 16.7. The molecule has 0 fully saturated rings. The Morgan fingerprint density at radius 3 is 2.70 bits per heavy atom. The Balaban J connectivity index is 1.86. The molecular weight excluding hydrogens is 406 g/mol. The highest BCUT2D eigenvalue weighted by Crippen LogP contribution is 2.27. The van der Waals surface area contributed by atoms with Crippen LogP contribution < -0.4 is 4.90 Å². The molecular formula is C21H16BrN3O2. The van der Waals surface area contributed by atoms with Crippen LogP contribution in [0.3, 0.4) is 0 Å². The molecule has 0 atom stereocenters. The van der Waals surface area contributed by atoms with Crippen LogP contribution in [0.15, 0.2) is 75.9 Å². The maximum absolute atomic E-state index is 13.4. The molecule has 0 aliphatic carbocycles. The molecule has 0 bridgehead atoms. The molecule has 0 aliphatic rings. The minimum Gasteiger partial charge on any atom is -0.463 e. The van der Waals surface area contributed by atoms with Gasteiger partial charge in [0.15, 0.2) is 5.76 Å². The van der Waals surface area contributed by atoms with Crippen molar-refractivity contribution in [3.8, 4) is 11.5 Å². The molecule has 0 N–H and O–H groups in total. The minimum atomic E-state index is -0.126. The molecule has 0 radical (unpaired) electrons. The second kappa shape index (κ2) is 7.32. The highest BCUT2D eigenvalue weighted by Gasteiger charge is 2.21. The number of pyridine rings is 2. The van der Waals surface area contributed by atoms with Crippen molar-refractivity contribution in [2.24, 2.45) is 0 Å². The third kappa shape index (κ3) is 3.36. The average Bonchev–Trinajstić information content (AvgIpc) is 3.24. The number of amides is 1. The molecule has 5 nitrogen and oxygen atoms in total. The highest BCUT2D eigenvalue weighted by atomic mass is 79.9. The van der Waals surface area contributed by atoms with E-state index in [-0.39, 0.29) is 5.91 Å². The Morgan fingerprint density at radius 2 is 2.00 bits per heavy atom. The van der Waals surface area contributed by atoms with Crippen LogP contribution in [-0.2, 0) is 0 Å². The summed E-state index contributed by atoms with van der Waals surface area (Å²) in [7, 11) is 0. The summed E-state index contributed by atoms with van der Waals surface area (Å²) in [6.45, 7) is 2.43. The van der Waals surface area contributed by atoms with Crippen LogP contribution in [0.4, 0.5) is 5.82 Å². The van der Waals surface area contributed by atoms with E-state index in [2.05, 4.69) is 25.9 Å². The van der Waals surface area contributed by atoms with Gasteiger partial charge in [0, 0.05) is 22.6 Å². The van der Waals surface area contributed by atoms with E-state index in [1.54, 1.807) is 29.5 Å². The maximum Gasteiger partial charge on any atom is 0.260 e. The number of para-hydroxylation sites is 1. The van der Waals surface area contributed by atoms with Crippen LogP contribution in [-0.4, -0.2) is 22.4 Å². The van der Waals surface area contributed by atoms with Crippen molar-refractivity contribution in [1.29, 1.82) is 0 Å². The van der Waals surface area contributed by atoms with Gasteiger partial charge in [-0.3, -0.25) is 9.69 Å². The SMILES string of the molecule is CCN(C(=O)c1cc(-c2ccco2)nc2ccccc12)c1ccc(Br)cn1. The second-order valence-electron chi connectivity index (χ2n) is 5.93. The van der Waals surface area contributed by atoms with Crippen molar-refractivity contribution >= 4 is 38.6 Å². The Bertz CT molecular complexity index is 1090. The lowest BCUT2D eigenvalue weighted by molar-refractivity contribution is 0.0989. The molecule has 0 spiro atoms. The largest absolute Gasteiger partial charge is 0.463 e. The number of aromatic nitrogens is 2. The number of rotatable bonds is 4. The number of carbonyl (C=O) groups excluding carboxylic acids is 1. The van der Waals surface area contributed by atoms with Gasteiger partial charge in [-0.05, 0) is 59.3 Å². The lowest BCUT2D eigenvalue weighted by atomic mass is 10.1. The molecule has 3 heterocycles. The van der Waals surface area contributed by atoms with Gasteiger partial charge in [0.05, 0.1) is 17.3 Å². The number of benzene rings is 1. The van der Waals surface area contributed by atoms with Crippen LogP contribution in [0.2, 0.25) is 0 Å². The topological polar surface area (TPSA) is 59.2 Å². The lowest BCUT2D eigenvalue weighted by Crippen LogP contribution is -2.31. The minimum absolute atomic E-state index is 0.126. The van der Waals surface area contributed by atoms with Crippen LogP contribution >= 0.6 is 15.9 Å². The van der Waals surface area contributed by atoms with E-state index in [4.69, 9.17) is 4.42 Å². The fourth-order valence-corrected chi connectivity index (χ4v) is 3.22. The normalized spacial score (nSPS) is 10.9. The Hall–Kier alpha value is -2.99. The molecule has 27 heavy (non-hydrogen) atoms. The quantitative estimate of drug-likeness (QED) is 0.447. The second-order valence-corrected chi connectivity index (χ2v) is 6.85. The molecule has 4 aromatic rings. The summed E-state index contributed by atoms with van der Waals surface area (Å²) in [6.07, 6.45) is 3.28. The highest BCUT2D eigenvalue weighted by molar-refractivity contribution is 9.10. The third-order valence-electron chi connectivity index (χ3n) is 4.27. The fourth-order valence-electron chi connectivity index (χ4n) is 2.99. The number of nitrogens with zero attached hydrogens (tertiary/aromatic N) is 3. The summed E-state index contributed by atoms with van der Waals surface area (Å²) in [5.74, 6) is 1.10. The molecule has 1 amide bonds. The number of hydrogen-bond acceptors (Lipinski definition) is 4. The van der Waals surface area contributed by atoms with Gasteiger partial charge in [0.1, 0.15) is 11.5 Å². The molecule has 6 heteroatoms. The molecule has 0 saturated heterocycles. The zero-order valence-electron chi connectivity index (χ0n) is 14.6. The molecule has 0 saturated carbocycles. The monoisotopic (exact) mass is 421 g/mol. The summed E-state index contributed by atoms with van der Waals surface area (Å²) >= 11 is 3.38. The van der Waals surface area contributed by atoms with Gasteiger partial charge >= 0.3 is 0 Å². The van der Waals surface area contributed by atoms with Gasteiger partial charge in [0.25, 0.3) is 5.91 Å². The van der Waals surface area contributed by atoms with Crippen molar-refractivity contribution in [2.75, 3.05) is 11.4 Å². The number of halogens is 1. The summed E-state index contributed by atoms with van der Waals surface area (Å²) < 4.78 is 6.35. The standard InChI is InChI=1S/C21H16BrN3O2/c1-2-25(20-10-9-14(22)13-23-20)21(26)16-12-18(19-8-5-11-27-19)24-17-7-4-3-6-15(16)17/h3-13H,2H2,1H3. The van der Waals surface area contributed by atoms with Crippen LogP contribution in [0, 0.1) is 0 Å². The first-order valence-corrected chi connectivity index (χ1v) is 9.33. The molecule has 0 unspecified atom stereocenters. The maximum atomic E-state index is 13.4. The number of fused-ring (bicyclic) bond motifs is 1. The van der Waals surface area contributed by atoms with E-state index in [1.165, 1.54) is 0 Å². The molecule has 0 aliphatic heterocycles. The first-order chi connectivity index (χ1) is 13.2. The van der Waals surface area contributed by atoms with Crippen molar-refractivity contribution in [1.82, 2.24) is 9.97 Å². The number of carbonyl (C=O) groups is 1. The van der Waals surface area contributed by atoms with Gasteiger partial charge < -0.3 is 4.42 Å². The van der Waals surface area contributed by atoms with E-state index in [1.807, 2.05) is 49.4 Å². The number of anilines is 1. The van der Waals surface area contributed by atoms with E-state index in [0.717, 1.165) is 15.4 Å². The average molecular weight is 422 g/mol. The zero-order chi connectivity index (χ0) is 18.8.